The molecule has 0 saturated carbocycles. The summed E-state index contributed by atoms with van der Waals surface area (Å²) in [6.45, 7) is 4.39. The van der Waals surface area contributed by atoms with E-state index in [1.54, 1.807) is 0 Å². The predicted molar refractivity (Wildman–Crippen MR) is 69.3 cm³/mol. The van der Waals surface area contributed by atoms with Crippen LogP contribution in [0, 0.1) is 0 Å². The molecule has 2 rings (SSSR count). The van der Waals surface area contributed by atoms with Crippen molar-refractivity contribution in [3.63, 3.8) is 0 Å². The molecule has 1 aromatic heterocycles. The highest BCUT2D eigenvalue weighted by atomic mass is 15.7. The second kappa shape index (κ2) is 5.18. The largest absolute Gasteiger partial charge is 0.382 e. The molecule has 1 aliphatic rings. The Morgan fingerprint density at radius 2 is 2.00 bits per heavy atom. The summed E-state index contributed by atoms with van der Waals surface area (Å²) in [5.74, 6) is 1.33. The van der Waals surface area contributed by atoms with Gasteiger partial charge in [0.05, 0.1) is 0 Å². The molecule has 0 radical (unpaired) electrons. The lowest BCUT2D eigenvalue weighted by molar-refractivity contribution is 0.478. The number of fused-ring (bicyclic) bond motifs is 1. The van der Waals surface area contributed by atoms with Crippen LogP contribution in [0.25, 0.3) is 0 Å². The molecule has 0 unspecified atom stereocenters. The molecule has 0 amide bonds. The topological polar surface area (TPSA) is 79.1 Å². The van der Waals surface area contributed by atoms with Gasteiger partial charge < -0.3 is 5.73 Å². The average Bonchev–Trinajstić information content (AvgIpc) is 2.74. The van der Waals surface area contributed by atoms with Gasteiger partial charge in [0.15, 0.2) is 11.6 Å². The predicted octanol–water partition coefficient (Wildman–Crippen LogP) is 1.68. The maximum atomic E-state index is 5.80. The number of hydrazine groups is 2. The molecule has 2 heterocycles. The van der Waals surface area contributed by atoms with Gasteiger partial charge in [0.25, 0.3) is 0 Å². The third-order valence-corrected chi connectivity index (χ3v) is 3.00. The first kappa shape index (κ1) is 11.9. The van der Waals surface area contributed by atoms with Crippen LogP contribution in [-0.4, -0.2) is 16.0 Å². The monoisotopic (exact) mass is 236 g/mol. The minimum absolute atomic E-state index is 0.438. The lowest BCUT2D eigenvalue weighted by atomic mass is 10.1. The van der Waals surface area contributed by atoms with Crippen molar-refractivity contribution >= 4 is 17.3 Å². The maximum Gasteiger partial charge on any atom is 0.174 e. The van der Waals surface area contributed by atoms with Gasteiger partial charge in [0.2, 0.25) is 0 Å². The van der Waals surface area contributed by atoms with Crippen LogP contribution in [0.15, 0.2) is 6.33 Å². The Morgan fingerprint density at radius 1 is 1.29 bits per heavy atom. The molecule has 1 aromatic rings. The van der Waals surface area contributed by atoms with E-state index in [1.807, 2.05) is 0 Å². The SMILES string of the molecule is CCCC(CCC)N1NNc2c(N)ncnc21. The molecule has 1 aliphatic heterocycles. The van der Waals surface area contributed by atoms with E-state index in [0.717, 1.165) is 37.2 Å². The number of nitrogens with two attached hydrogens (primary N) is 1. The van der Waals surface area contributed by atoms with E-state index in [2.05, 4.69) is 39.8 Å². The number of anilines is 3. The summed E-state index contributed by atoms with van der Waals surface area (Å²) in [5.41, 5.74) is 12.8. The van der Waals surface area contributed by atoms with E-state index in [1.165, 1.54) is 6.33 Å². The van der Waals surface area contributed by atoms with Crippen molar-refractivity contribution in [1.29, 1.82) is 0 Å². The summed E-state index contributed by atoms with van der Waals surface area (Å²) in [6.07, 6.45) is 6.07. The number of rotatable bonds is 5. The molecule has 0 spiro atoms. The second-order valence-electron chi connectivity index (χ2n) is 4.30. The van der Waals surface area contributed by atoms with Crippen molar-refractivity contribution in [1.82, 2.24) is 15.5 Å². The number of nitrogens with zero attached hydrogens (tertiary/aromatic N) is 3. The van der Waals surface area contributed by atoms with E-state index in [9.17, 15) is 0 Å². The van der Waals surface area contributed by atoms with Gasteiger partial charge in [-0.05, 0) is 12.8 Å². The van der Waals surface area contributed by atoms with Gasteiger partial charge in [0, 0.05) is 6.04 Å². The Balaban J connectivity index is 2.22. The normalized spacial score (nSPS) is 13.9. The molecule has 0 aliphatic carbocycles. The molecule has 17 heavy (non-hydrogen) atoms. The van der Waals surface area contributed by atoms with Crippen molar-refractivity contribution in [2.45, 2.75) is 45.6 Å². The van der Waals surface area contributed by atoms with E-state index in [-0.39, 0.29) is 0 Å². The van der Waals surface area contributed by atoms with E-state index in [4.69, 9.17) is 5.73 Å². The fraction of sp³-hybridized carbons (Fsp3) is 0.636. The summed E-state index contributed by atoms with van der Waals surface area (Å²) in [4.78, 5) is 8.27. The first-order valence-electron chi connectivity index (χ1n) is 6.19. The Morgan fingerprint density at radius 3 is 2.65 bits per heavy atom. The lowest BCUT2D eigenvalue weighted by Gasteiger charge is -2.27. The van der Waals surface area contributed by atoms with E-state index >= 15 is 0 Å². The van der Waals surface area contributed by atoms with E-state index < -0.39 is 0 Å². The summed E-state index contributed by atoms with van der Waals surface area (Å²) < 4.78 is 0. The maximum absolute atomic E-state index is 5.80. The van der Waals surface area contributed by atoms with Crippen molar-refractivity contribution in [3.05, 3.63) is 6.33 Å². The van der Waals surface area contributed by atoms with Crippen molar-refractivity contribution in [3.8, 4) is 0 Å². The molecule has 94 valence electrons. The first-order chi connectivity index (χ1) is 8.27. The molecule has 6 heteroatoms. The number of hydrogen-bond acceptors (Lipinski definition) is 6. The number of hydrogen-bond donors (Lipinski definition) is 3. The first-order valence-corrected chi connectivity index (χ1v) is 6.19. The van der Waals surface area contributed by atoms with Crippen LogP contribution in [-0.2, 0) is 0 Å². The third-order valence-electron chi connectivity index (χ3n) is 3.00. The van der Waals surface area contributed by atoms with Crippen LogP contribution in [0.4, 0.5) is 17.3 Å². The zero-order valence-electron chi connectivity index (χ0n) is 10.4. The Hall–Kier alpha value is -1.56. The smallest absolute Gasteiger partial charge is 0.174 e. The molecule has 4 N–H and O–H groups in total. The number of nitrogen functional groups attached to an aromatic ring is 1. The van der Waals surface area contributed by atoms with Crippen LogP contribution >= 0.6 is 0 Å². The van der Waals surface area contributed by atoms with Crippen molar-refractivity contribution in [2.75, 3.05) is 16.2 Å². The molecule has 0 bridgehead atoms. The van der Waals surface area contributed by atoms with Crippen LogP contribution < -0.4 is 21.7 Å². The fourth-order valence-corrected chi connectivity index (χ4v) is 2.19. The molecular formula is C11H20N6. The fourth-order valence-electron chi connectivity index (χ4n) is 2.19. The van der Waals surface area contributed by atoms with E-state index in [0.29, 0.717) is 11.9 Å². The van der Waals surface area contributed by atoms with Crippen molar-refractivity contribution < 1.29 is 0 Å². The van der Waals surface area contributed by atoms with Crippen LogP contribution in [0.1, 0.15) is 39.5 Å². The Bertz CT molecular complexity index is 374. The highest BCUT2D eigenvalue weighted by Gasteiger charge is 2.28. The van der Waals surface area contributed by atoms with Crippen LogP contribution in [0.3, 0.4) is 0 Å². The van der Waals surface area contributed by atoms with Crippen LogP contribution in [0.2, 0.25) is 0 Å². The van der Waals surface area contributed by atoms with Gasteiger partial charge in [-0.1, -0.05) is 26.7 Å². The highest BCUT2D eigenvalue weighted by Crippen LogP contribution is 2.32. The van der Waals surface area contributed by atoms with Gasteiger partial charge in [0.1, 0.15) is 12.0 Å². The Labute approximate surface area is 102 Å². The zero-order valence-corrected chi connectivity index (χ0v) is 10.4. The third kappa shape index (κ3) is 2.26. The summed E-state index contributed by atoms with van der Waals surface area (Å²) in [5, 5.41) is 2.07. The molecule has 0 aromatic carbocycles. The van der Waals surface area contributed by atoms with Crippen molar-refractivity contribution in [2.24, 2.45) is 0 Å². The second-order valence-corrected chi connectivity index (χ2v) is 4.30. The van der Waals surface area contributed by atoms with Gasteiger partial charge in [-0.2, -0.15) is 0 Å². The summed E-state index contributed by atoms with van der Waals surface area (Å²) in [6, 6.07) is 0.438. The summed E-state index contributed by atoms with van der Waals surface area (Å²) in [7, 11) is 0. The molecule has 0 atom stereocenters. The Kier molecular flexibility index (Phi) is 3.63. The molecule has 0 fully saturated rings. The zero-order chi connectivity index (χ0) is 12.3. The van der Waals surface area contributed by atoms with Gasteiger partial charge in [-0.15, -0.1) is 5.53 Å². The standard InChI is InChI=1S/C11H20N6/c1-3-5-8(6-4-2)17-11-9(15-16-17)10(12)13-7-14-11/h7-8,15-16H,3-6H2,1-2H3,(H2,12,13,14). The summed E-state index contributed by atoms with van der Waals surface area (Å²) >= 11 is 0. The van der Waals surface area contributed by atoms with Crippen LogP contribution in [0.5, 0.6) is 0 Å². The number of nitrogens with one attached hydrogen (secondary N) is 2. The van der Waals surface area contributed by atoms with Gasteiger partial charge in [-0.3, -0.25) is 10.4 Å². The molecule has 0 saturated heterocycles. The minimum atomic E-state index is 0.438. The average molecular weight is 236 g/mol. The van der Waals surface area contributed by atoms with Gasteiger partial charge in [-0.25, -0.2) is 9.97 Å². The molecule has 6 nitrogen and oxygen atoms in total. The minimum Gasteiger partial charge on any atom is -0.382 e. The lowest BCUT2D eigenvalue weighted by Crippen LogP contribution is -2.44. The molecular weight excluding hydrogens is 216 g/mol. The number of aromatic nitrogens is 2. The quantitative estimate of drug-likeness (QED) is 0.722. The highest BCUT2D eigenvalue weighted by molar-refractivity contribution is 5.78. The van der Waals surface area contributed by atoms with Gasteiger partial charge >= 0.3 is 0 Å².